The number of carbonyl (C=O) groups is 2. The minimum atomic E-state index is -0.584. The Balaban J connectivity index is 1.68. The minimum absolute atomic E-state index is 0.101. The summed E-state index contributed by atoms with van der Waals surface area (Å²) in [7, 11) is 0. The summed E-state index contributed by atoms with van der Waals surface area (Å²) in [5, 5.41) is 5.40. The summed E-state index contributed by atoms with van der Waals surface area (Å²) >= 11 is 3.41. The number of urea groups is 1. The monoisotopic (exact) mass is 430 g/mol. The average molecular weight is 431 g/mol. The van der Waals surface area contributed by atoms with Gasteiger partial charge in [-0.3, -0.25) is 0 Å². The summed E-state index contributed by atoms with van der Waals surface area (Å²) in [5.41, 5.74) is 1.62. The first-order valence-corrected chi connectivity index (χ1v) is 9.22. The van der Waals surface area contributed by atoms with Gasteiger partial charge in [-0.05, 0) is 36.8 Å². The molecule has 2 N–H and O–H groups in total. The topological polar surface area (TPSA) is 76.7 Å². The van der Waals surface area contributed by atoms with Crippen molar-refractivity contribution in [1.29, 1.82) is 0 Å². The molecule has 2 aromatic carbocycles. The van der Waals surface area contributed by atoms with Crippen molar-refractivity contribution in [3.05, 3.63) is 75.9 Å². The third-order valence-electron chi connectivity index (χ3n) is 4.00. The van der Waals surface area contributed by atoms with Crippen LogP contribution in [0.1, 0.15) is 18.5 Å². The zero-order valence-corrected chi connectivity index (χ0v) is 16.3. The molecule has 1 aliphatic heterocycles. The molecule has 1 atom stereocenters. The highest BCUT2D eigenvalue weighted by Gasteiger charge is 2.32. The number of rotatable bonds is 6. The van der Waals surface area contributed by atoms with Gasteiger partial charge in [0.15, 0.2) is 0 Å². The molecule has 140 valence electrons. The van der Waals surface area contributed by atoms with Gasteiger partial charge in [-0.15, -0.1) is 0 Å². The molecule has 0 aromatic heterocycles. The number of hydrogen-bond donors (Lipinski definition) is 2. The first kappa shape index (κ1) is 19.0. The van der Waals surface area contributed by atoms with Gasteiger partial charge in [-0.25, -0.2) is 9.59 Å². The van der Waals surface area contributed by atoms with Crippen molar-refractivity contribution >= 4 is 27.9 Å². The van der Waals surface area contributed by atoms with Crippen molar-refractivity contribution in [3.8, 4) is 5.75 Å². The van der Waals surface area contributed by atoms with Crippen LogP contribution in [0.2, 0.25) is 0 Å². The largest absolute Gasteiger partial charge is 0.490 e. The Bertz CT molecular complexity index is 867. The number of para-hydroxylation sites is 1. The van der Waals surface area contributed by atoms with Gasteiger partial charge >= 0.3 is 12.0 Å². The van der Waals surface area contributed by atoms with E-state index in [0.29, 0.717) is 17.0 Å². The van der Waals surface area contributed by atoms with Crippen LogP contribution in [0, 0.1) is 0 Å². The molecule has 0 aliphatic carbocycles. The number of allylic oxidation sites excluding steroid dienone is 1. The van der Waals surface area contributed by atoms with Gasteiger partial charge in [0.05, 0.1) is 11.6 Å². The van der Waals surface area contributed by atoms with Crippen LogP contribution in [0.4, 0.5) is 4.79 Å². The molecule has 0 saturated heterocycles. The molecule has 0 saturated carbocycles. The predicted octanol–water partition coefficient (Wildman–Crippen LogP) is 3.70. The molecule has 0 radical (unpaired) electrons. The fraction of sp³-hybridized carbons (Fsp3) is 0.200. The third-order valence-corrected chi connectivity index (χ3v) is 4.49. The van der Waals surface area contributed by atoms with Gasteiger partial charge in [0, 0.05) is 10.2 Å². The standard InChI is InChI=1S/C20H19BrN2O4/c1-13-17(19(24)27-11-10-26-16-8-3-2-4-9-16)18(23-20(25)22-13)14-6-5-7-15(21)12-14/h2-9,12,18H,10-11H2,1H3,(H2,22,23,25)/t18-/m0/s1. The lowest BCUT2D eigenvalue weighted by Crippen LogP contribution is -2.45. The quantitative estimate of drug-likeness (QED) is 0.540. The molecular formula is C20H19BrN2O4. The Morgan fingerprint density at radius 2 is 1.89 bits per heavy atom. The van der Waals surface area contributed by atoms with Gasteiger partial charge in [0.2, 0.25) is 0 Å². The molecular weight excluding hydrogens is 412 g/mol. The van der Waals surface area contributed by atoms with E-state index in [1.165, 1.54) is 0 Å². The molecule has 0 spiro atoms. The lowest BCUT2D eigenvalue weighted by molar-refractivity contribution is -0.140. The van der Waals surface area contributed by atoms with E-state index in [1.807, 2.05) is 54.6 Å². The number of ether oxygens (including phenoxy) is 2. The van der Waals surface area contributed by atoms with Crippen molar-refractivity contribution in [2.75, 3.05) is 13.2 Å². The fourth-order valence-electron chi connectivity index (χ4n) is 2.79. The molecule has 0 fully saturated rings. The SMILES string of the molecule is CC1=C(C(=O)OCCOc2ccccc2)[C@H](c2cccc(Br)c2)NC(=O)N1. The summed E-state index contributed by atoms with van der Waals surface area (Å²) in [6, 6.07) is 15.8. The van der Waals surface area contributed by atoms with E-state index < -0.39 is 12.0 Å². The van der Waals surface area contributed by atoms with Crippen molar-refractivity contribution in [1.82, 2.24) is 10.6 Å². The Hall–Kier alpha value is -2.80. The predicted molar refractivity (Wildman–Crippen MR) is 104 cm³/mol. The van der Waals surface area contributed by atoms with E-state index >= 15 is 0 Å². The Kier molecular flexibility index (Phi) is 6.13. The van der Waals surface area contributed by atoms with Crippen LogP contribution in [0.3, 0.4) is 0 Å². The smallest absolute Gasteiger partial charge is 0.338 e. The fourth-order valence-corrected chi connectivity index (χ4v) is 3.21. The van der Waals surface area contributed by atoms with Gasteiger partial charge in [-0.2, -0.15) is 0 Å². The second kappa shape index (κ2) is 8.73. The number of halogens is 1. The van der Waals surface area contributed by atoms with Gasteiger partial charge in [0.25, 0.3) is 0 Å². The highest BCUT2D eigenvalue weighted by molar-refractivity contribution is 9.10. The second-order valence-corrected chi connectivity index (χ2v) is 6.84. The number of amides is 2. The van der Waals surface area contributed by atoms with Crippen LogP contribution in [0.5, 0.6) is 5.75 Å². The van der Waals surface area contributed by atoms with Gasteiger partial charge in [-0.1, -0.05) is 46.3 Å². The van der Waals surface area contributed by atoms with Crippen LogP contribution < -0.4 is 15.4 Å². The molecule has 6 nitrogen and oxygen atoms in total. The highest BCUT2D eigenvalue weighted by Crippen LogP contribution is 2.29. The average Bonchev–Trinajstić information content (AvgIpc) is 2.65. The van der Waals surface area contributed by atoms with Crippen LogP contribution in [0.15, 0.2) is 70.3 Å². The number of nitrogens with one attached hydrogen (secondary N) is 2. The van der Waals surface area contributed by atoms with E-state index in [1.54, 1.807) is 6.92 Å². The van der Waals surface area contributed by atoms with E-state index in [2.05, 4.69) is 26.6 Å². The molecule has 3 rings (SSSR count). The first-order valence-electron chi connectivity index (χ1n) is 8.43. The number of hydrogen-bond acceptors (Lipinski definition) is 4. The normalized spacial score (nSPS) is 16.4. The van der Waals surface area contributed by atoms with Crippen molar-refractivity contribution in [3.63, 3.8) is 0 Å². The van der Waals surface area contributed by atoms with E-state index in [-0.39, 0.29) is 19.2 Å². The van der Waals surface area contributed by atoms with Crippen LogP contribution in [0.25, 0.3) is 0 Å². The molecule has 7 heteroatoms. The molecule has 27 heavy (non-hydrogen) atoms. The molecule has 0 bridgehead atoms. The van der Waals surface area contributed by atoms with Crippen LogP contribution in [-0.2, 0) is 9.53 Å². The highest BCUT2D eigenvalue weighted by atomic mass is 79.9. The third kappa shape index (κ3) is 4.89. The lowest BCUT2D eigenvalue weighted by atomic mass is 9.96. The van der Waals surface area contributed by atoms with Crippen molar-refractivity contribution < 1.29 is 19.1 Å². The van der Waals surface area contributed by atoms with E-state index in [0.717, 1.165) is 10.0 Å². The maximum absolute atomic E-state index is 12.7. The van der Waals surface area contributed by atoms with E-state index in [4.69, 9.17) is 9.47 Å². The summed E-state index contributed by atoms with van der Waals surface area (Å²) in [6.07, 6.45) is 0. The number of carbonyl (C=O) groups excluding carboxylic acids is 2. The maximum Gasteiger partial charge on any atom is 0.338 e. The molecule has 1 aliphatic rings. The van der Waals surface area contributed by atoms with E-state index in [9.17, 15) is 9.59 Å². The maximum atomic E-state index is 12.7. The first-order chi connectivity index (χ1) is 13.0. The summed E-state index contributed by atoms with van der Waals surface area (Å²) < 4.78 is 11.8. The summed E-state index contributed by atoms with van der Waals surface area (Å²) in [5.74, 6) is 0.212. The Labute approximate surface area is 165 Å². The minimum Gasteiger partial charge on any atom is -0.490 e. The number of benzene rings is 2. The second-order valence-electron chi connectivity index (χ2n) is 5.92. The van der Waals surface area contributed by atoms with Gasteiger partial charge < -0.3 is 20.1 Å². The van der Waals surface area contributed by atoms with Crippen molar-refractivity contribution in [2.45, 2.75) is 13.0 Å². The Morgan fingerprint density at radius 1 is 1.11 bits per heavy atom. The van der Waals surface area contributed by atoms with Crippen molar-refractivity contribution in [2.24, 2.45) is 0 Å². The molecule has 2 aromatic rings. The van der Waals surface area contributed by atoms with Gasteiger partial charge in [0.1, 0.15) is 19.0 Å². The van der Waals surface area contributed by atoms with Crippen LogP contribution >= 0.6 is 15.9 Å². The summed E-state index contributed by atoms with van der Waals surface area (Å²) in [6.45, 7) is 2.02. The lowest BCUT2D eigenvalue weighted by Gasteiger charge is -2.28. The Morgan fingerprint density at radius 3 is 2.63 bits per heavy atom. The molecule has 2 amide bonds. The molecule has 1 heterocycles. The zero-order chi connectivity index (χ0) is 19.2. The summed E-state index contributed by atoms with van der Waals surface area (Å²) in [4.78, 5) is 24.5. The number of esters is 1. The van der Waals surface area contributed by atoms with Crippen LogP contribution in [-0.4, -0.2) is 25.2 Å². The molecule has 0 unspecified atom stereocenters. The zero-order valence-electron chi connectivity index (χ0n) is 14.7.